The molecule has 67 heavy (non-hydrogen) atoms. The molecule has 5 atom stereocenters. The molecule has 8 amide bonds. The van der Waals surface area contributed by atoms with Gasteiger partial charge in [0.05, 0.1) is 0 Å². The number of aryl methyl sites for hydroxylation is 2. The second-order valence-corrected chi connectivity index (χ2v) is 16.2. The summed E-state index contributed by atoms with van der Waals surface area (Å²) in [5.74, 6) is -8.01. The molecule has 20 heteroatoms. The van der Waals surface area contributed by atoms with Gasteiger partial charge in [0.1, 0.15) is 18.1 Å². The van der Waals surface area contributed by atoms with Crippen LogP contribution in [0.1, 0.15) is 95.6 Å². The highest BCUT2D eigenvalue weighted by Crippen LogP contribution is 2.20. The number of aromatic nitrogens is 1. The number of hydrogen-bond donors (Lipinski definition) is 10. The third-order valence-electron chi connectivity index (χ3n) is 10.9. The zero-order valence-corrected chi connectivity index (χ0v) is 38.1. The highest BCUT2D eigenvalue weighted by atomic mass is 16.4. The normalized spacial score (nSPS) is 13.0. The van der Waals surface area contributed by atoms with Crippen molar-refractivity contribution in [1.29, 1.82) is 0 Å². The molecule has 0 saturated heterocycles. The molecule has 0 saturated carbocycles. The van der Waals surface area contributed by atoms with Crippen LogP contribution in [0.15, 0.2) is 73.1 Å². The molecule has 0 aliphatic rings. The van der Waals surface area contributed by atoms with Gasteiger partial charge in [0.2, 0.25) is 35.4 Å². The minimum Gasteiger partial charge on any atom is -0.481 e. The predicted octanol–water partition coefficient (Wildman–Crippen LogP) is 4.00. The van der Waals surface area contributed by atoms with Crippen molar-refractivity contribution in [3.05, 3.63) is 84.2 Å². The standard InChI is InChI=1S/C47H63N9O11/c1-4-29(2)42(46(66)53-36(43(48)63)15-9-16-40(59)60)56-45(65)37(22-24-41(61)62)54-44(64)32(13-7-8-26-50-38(57)23-17-31-12-10-25-49-28-31)27-39(58)51-33-18-20-34(21-19-33)52-47(67)55-35-14-6-5-11-30(35)3/h5-6,10-12,14,18-21,25,28-29,32,36-37,42H,4,7-9,13,15-17,22-24,26-27H2,1-3H3,(H2,48,63)(H,50,57)(H,51,58)(H,53,66)(H,54,64)(H,56,65)(H,59,60)(H,61,62)(H2,52,55,67)/t29?,32-,36+,37+,42+/m1/s1. The largest absolute Gasteiger partial charge is 0.481 e. The number of nitrogens with zero attached hydrogens (tertiary/aromatic N) is 1. The van der Waals surface area contributed by atoms with Gasteiger partial charge in [0.25, 0.3) is 0 Å². The first-order chi connectivity index (χ1) is 31.9. The van der Waals surface area contributed by atoms with E-state index in [0.29, 0.717) is 42.7 Å². The van der Waals surface area contributed by atoms with E-state index in [1.807, 2.05) is 25.1 Å². The lowest BCUT2D eigenvalue weighted by Crippen LogP contribution is -2.58. The van der Waals surface area contributed by atoms with Crippen LogP contribution in [-0.2, 0) is 44.8 Å². The number of carboxylic acid groups (broad SMARTS) is 2. The summed E-state index contributed by atoms with van der Waals surface area (Å²) >= 11 is 0. The maximum atomic E-state index is 14.0. The predicted molar refractivity (Wildman–Crippen MR) is 249 cm³/mol. The van der Waals surface area contributed by atoms with Crippen LogP contribution in [0.2, 0.25) is 0 Å². The van der Waals surface area contributed by atoms with Gasteiger partial charge in [-0.2, -0.15) is 0 Å². The highest BCUT2D eigenvalue weighted by molar-refractivity contribution is 6.01. The number of amides is 8. The van der Waals surface area contributed by atoms with E-state index < -0.39 is 83.9 Å². The number of anilines is 3. The first-order valence-corrected chi connectivity index (χ1v) is 22.3. The van der Waals surface area contributed by atoms with Crippen molar-refractivity contribution < 1.29 is 53.4 Å². The average Bonchev–Trinajstić information content (AvgIpc) is 3.29. The van der Waals surface area contributed by atoms with E-state index >= 15 is 0 Å². The third kappa shape index (κ3) is 20.6. The van der Waals surface area contributed by atoms with E-state index in [1.54, 1.807) is 68.7 Å². The monoisotopic (exact) mass is 929 g/mol. The second-order valence-electron chi connectivity index (χ2n) is 16.2. The number of pyridine rings is 1. The molecule has 3 rings (SSSR count). The average molecular weight is 930 g/mol. The summed E-state index contributed by atoms with van der Waals surface area (Å²) in [6.07, 6.45) is 3.78. The lowest BCUT2D eigenvalue weighted by Gasteiger charge is -2.28. The Labute approximate surface area is 389 Å². The molecule has 3 aromatic rings. The molecule has 0 fully saturated rings. The van der Waals surface area contributed by atoms with Crippen LogP contribution in [-0.4, -0.2) is 93.3 Å². The number of carbonyl (C=O) groups excluding carboxylic acids is 7. The molecule has 2 aromatic carbocycles. The zero-order chi connectivity index (χ0) is 49.3. The molecule has 0 aliphatic heterocycles. The van der Waals surface area contributed by atoms with Gasteiger partial charge in [-0.15, -0.1) is 0 Å². The fourth-order valence-electron chi connectivity index (χ4n) is 6.82. The fourth-order valence-corrected chi connectivity index (χ4v) is 6.82. The number of para-hydroxylation sites is 1. The maximum Gasteiger partial charge on any atom is 0.323 e. The van der Waals surface area contributed by atoms with Crippen LogP contribution in [0, 0.1) is 18.8 Å². The Morgan fingerprint density at radius 2 is 1.34 bits per heavy atom. The Morgan fingerprint density at radius 1 is 0.672 bits per heavy atom. The smallest absolute Gasteiger partial charge is 0.323 e. The summed E-state index contributed by atoms with van der Waals surface area (Å²) in [6, 6.07) is 12.7. The van der Waals surface area contributed by atoms with Gasteiger partial charge >= 0.3 is 18.0 Å². The van der Waals surface area contributed by atoms with Gasteiger partial charge in [-0.25, -0.2) is 4.79 Å². The Morgan fingerprint density at radius 3 is 1.97 bits per heavy atom. The second kappa shape index (κ2) is 28.5. The van der Waals surface area contributed by atoms with Crippen LogP contribution in [0.4, 0.5) is 21.9 Å². The Bertz CT molecular complexity index is 2160. The van der Waals surface area contributed by atoms with Crippen LogP contribution in [0.5, 0.6) is 0 Å². The molecule has 0 radical (unpaired) electrons. The van der Waals surface area contributed by atoms with E-state index in [1.165, 1.54) is 0 Å². The van der Waals surface area contributed by atoms with Crippen molar-refractivity contribution >= 4 is 70.5 Å². The van der Waals surface area contributed by atoms with E-state index in [9.17, 15) is 48.3 Å². The number of aliphatic carboxylic acids is 2. The van der Waals surface area contributed by atoms with E-state index in [-0.39, 0.29) is 57.4 Å². The van der Waals surface area contributed by atoms with Crippen LogP contribution in [0.3, 0.4) is 0 Å². The SMILES string of the molecule is CCC(C)[C@H](NC(=O)[C@H](CCC(=O)O)NC(=O)[C@H](CCCCNC(=O)CCc1cccnc1)CC(=O)Nc1ccc(NC(=O)Nc2ccccc2C)cc1)C(=O)N[C@@H](CCCC(=O)O)C(N)=O. The fraction of sp³-hybridized carbons (Fsp3) is 0.447. The number of benzene rings is 2. The highest BCUT2D eigenvalue weighted by Gasteiger charge is 2.33. The lowest BCUT2D eigenvalue weighted by molar-refractivity contribution is -0.139. The maximum absolute atomic E-state index is 14.0. The third-order valence-corrected chi connectivity index (χ3v) is 10.9. The van der Waals surface area contributed by atoms with Crippen LogP contribution < -0.4 is 43.0 Å². The van der Waals surface area contributed by atoms with Gasteiger partial charge < -0.3 is 53.2 Å². The van der Waals surface area contributed by atoms with Crippen molar-refractivity contribution in [2.45, 2.75) is 116 Å². The molecule has 1 unspecified atom stereocenters. The molecule has 0 bridgehead atoms. The number of urea groups is 1. The van der Waals surface area contributed by atoms with E-state index in [2.05, 4.69) is 42.2 Å². The first kappa shape index (κ1) is 54.0. The summed E-state index contributed by atoms with van der Waals surface area (Å²) in [7, 11) is 0. The Kier molecular flexibility index (Phi) is 23.0. The molecule has 362 valence electrons. The van der Waals surface area contributed by atoms with E-state index in [4.69, 9.17) is 10.8 Å². The van der Waals surface area contributed by atoms with Gasteiger partial charge in [-0.1, -0.05) is 51.0 Å². The Hall–Kier alpha value is -7.38. The zero-order valence-electron chi connectivity index (χ0n) is 38.1. The van der Waals surface area contributed by atoms with Gasteiger partial charge in [0.15, 0.2) is 0 Å². The first-order valence-electron chi connectivity index (χ1n) is 22.3. The van der Waals surface area contributed by atoms with Crippen LogP contribution in [0.25, 0.3) is 0 Å². The number of unbranched alkanes of at least 4 members (excludes halogenated alkanes) is 1. The summed E-state index contributed by atoms with van der Waals surface area (Å²) in [5, 5.41) is 37.3. The molecular weight excluding hydrogens is 867 g/mol. The lowest BCUT2D eigenvalue weighted by atomic mass is 9.95. The van der Waals surface area contributed by atoms with Crippen molar-refractivity contribution in [1.82, 2.24) is 26.3 Å². The number of rotatable bonds is 29. The summed E-state index contributed by atoms with van der Waals surface area (Å²) in [5.41, 5.74) is 8.70. The number of carboxylic acids is 2. The molecular formula is C47H63N9O11. The van der Waals surface area contributed by atoms with Gasteiger partial charge in [0, 0.05) is 67.6 Å². The number of nitrogens with two attached hydrogens (primary N) is 1. The molecule has 1 aromatic heterocycles. The molecule has 0 spiro atoms. The molecule has 11 N–H and O–H groups in total. The van der Waals surface area contributed by atoms with Crippen LogP contribution >= 0.6 is 0 Å². The Balaban J connectivity index is 1.74. The van der Waals surface area contributed by atoms with Gasteiger partial charge in [-0.05, 0) is 98.9 Å². The van der Waals surface area contributed by atoms with E-state index in [0.717, 1.165) is 11.1 Å². The van der Waals surface area contributed by atoms with Crippen molar-refractivity contribution in [3.63, 3.8) is 0 Å². The molecule has 1 heterocycles. The molecule has 20 nitrogen and oxygen atoms in total. The van der Waals surface area contributed by atoms with Gasteiger partial charge in [-0.3, -0.25) is 43.3 Å². The summed E-state index contributed by atoms with van der Waals surface area (Å²) < 4.78 is 0. The van der Waals surface area contributed by atoms with Crippen molar-refractivity contribution in [2.24, 2.45) is 17.6 Å². The topological polar surface area (TPSA) is 317 Å². The minimum absolute atomic E-state index is 0.0345. The number of hydrogen-bond acceptors (Lipinski definition) is 10. The van der Waals surface area contributed by atoms with Crippen molar-refractivity contribution in [3.8, 4) is 0 Å². The number of carbonyl (C=O) groups is 9. The molecule has 0 aliphatic carbocycles. The summed E-state index contributed by atoms with van der Waals surface area (Å²) in [4.78, 5) is 119. The number of primary amides is 1. The van der Waals surface area contributed by atoms with Crippen molar-refractivity contribution in [2.75, 3.05) is 22.5 Å². The number of nitrogens with one attached hydrogen (secondary N) is 7. The summed E-state index contributed by atoms with van der Waals surface area (Å²) in [6.45, 7) is 5.55. The minimum atomic E-state index is -1.47. The quantitative estimate of drug-likeness (QED) is 0.0442.